The molecule has 6 heteroatoms. The van der Waals surface area contributed by atoms with Crippen LogP contribution < -0.4 is 4.74 Å². The average molecular weight is 400 g/mol. The normalized spacial score (nSPS) is 16.8. The number of halogens is 1. The quantitative estimate of drug-likeness (QED) is 0.795. The average Bonchev–Trinajstić information content (AvgIpc) is 2.91. The molecular formula is C22H21FO4S. The molecule has 1 aliphatic carbocycles. The molecule has 28 heavy (non-hydrogen) atoms. The summed E-state index contributed by atoms with van der Waals surface area (Å²) in [5.41, 5.74) is 4.40. The predicted octanol–water partition coefficient (Wildman–Crippen LogP) is 4.62. The zero-order valence-corrected chi connectivity index (χ0v) is 16.9. The number of carboxylic acids is 1. The van der Waals surface area contributed by atoms with E-state index in [1.165, 1.54) is 13.2 Å². The van der Waals surface area contributed by atoms with Crippen LogP contribution in [0.15, 0.2) is 46.9 Å². The van der Waals surface area contributed by atoms with Crippen molar-refractivity contribution in [3.8, 4) is 5.75 Å². The van der Waals surface area contributed by atoms with Gasteiger partial charge in [-0.3, -0.25) is 9.00 Å². The highest BCUT2D eigenvalue weighted by atomic mass is 32.2. The number of allylic oxidation sites excluding steroid dienone is 2. The lowest BCUT2D eigenvalue weighted by Crippen LogP contribution is -2.11. The highest BCUT2D eigenvalue weighted by molar-refractivity contribution is 7.84. The van der Waals surface area contributed by atoms with Gasteiger partial charge in [0.05, 0.1) is 13.0 Å². The van der Waals surface area contributed by atoms with E-state index < -0.39 is 28.5 Å². The second kappa shape index (κ2) is 7.72. The van der Waals surface area contributed by atoms with Crippen LogP contribution in [-0.2, 0) is 15.6 Å². The fourth-order valence-corrected chi connectivity index (χ4v) is 4.01. The molecule has 0 aliphatic heterocycles. The number of methoxy groups -OCH3 is 1. The van der Waals surface area contributed by atoms with Gasteiger partial charge in [0, 0.05) is 22.0 Å². The lowest BCUT2D eigenvalue weighted by Gasteiger charge is -2.12. The minimum absolute atomic E-state index is 0.110. The summed E-state index contributed by atoms with van der Waals surface area (Å²) < 4.78 is 31.0. The second-order valence-electron chi connectivity index (χ2n) is 6.71. The Morgan fingerprint density at radius 3 is 2.39 bits per heavy atom. The van der Waals surface area contributed by atoms with Crippen LogP contribution in [-0.4, -0.2) is 28.7 Å². The molecule has 1 aliphatic rings. The van der Waals surface area contributed by atoms with Gasteiger partial charge in [-0.25, -0.2) is 4.39 Å². The third-order valence-corrected chi connectivity index (χ3v) is 5.94. The number of aliphatic carboxylic acids is 1. The molecule has 2 atom stereocenters. The summed E-state index contributed by atoms with van der Waals surface area (Å²) in [4.78, 5) is 12.3. The third-order valence-electron chi connectivity index (χ3n) is 5.01. The Morgan fingerprint density at radius 1 is 1.21 bits per heavy atom. The van der Waals surface area contributed by atoms with Crippen LogP contribution in [0.5, 0.6) is 5.75 Å². The van der Waals surface area contributed by atoms with E-state index >= 15 is 0 Å². The minimum atomic E-state index is -1.06. The van der Waals surface area contributed by atoms with Gasteiger partial charge in [-0.1, -0.05) is 12.1 Å². The lowest BCUT2D eigenvalue weighted by atomic mass is 9.93. The molecule has 3 rings (SSSR count). The van der Waals surface area contributed by atoms with Crippen molar-refractivity contribution >= 4 is 34.0 Å². The largest absolute Gasteiger partial charge is 0.494 e. The van der Waals surface area contributed by atoms with E-state index in [0.717, 1.165) is 27.2 Å². The summed E-state index contributed by atoms with van der Waals surface area (Å²) in [6.07, 6.45) is 3.55. The summed E-state index contributed by atoms with van der Waals surface area (Å²) in [5.74, 6) is -2.16. The Labute approximate surface area is 165 Å². The topological polar surface area (TPSA) is 63.6 Å². The summed E-state index contributed by atoms with van der Waals surface area (Å²) in [6.45, 7) is 3.45. The molecule has 2 aromatic rings. The minimum Gasteiger partial charge on any atom is -0.494 e. The van der Waals surface area contributed by atoms with Gasteiger partial charge in [0.15, 0.2) is 11.6 Å². The summed E-state index contributed by atoms with van der Waals surface area (Å²) in [7, 11) is 0.335. The highest BCUT2D eigenvalue weighted by Crippen LogP contribution is 2.47. The van der Waals surface area contributed by atoms with Crippen LogP contribution in [0.1, 0.15) is 30.5 Å². The first kappa shape index (κ1) is 20.0. The Bertz CT molecular complexity index is 1040. The van der Waals surface area contributed by atoms with Crippen molar-refractivity contribution in [2.75, 3.05) is 13.4 Å². The third kappa shape index (κ3) is 3.52. The van der Waals surface area contributed by atoms with Gasteiger partial charge in [0.2, 0.25) is 0 Å². The van der Waals surface area contributed by atoms with Gasteiger partial charge in [0.1, 0.15) is 0 Å². The summed E-state index contributed by atoms with van der Waals surface area (Å²) in [5, 5.41) is 9.51. The van der Waals surface area contributed by atoms with E-state index in [-0.39, 0.29) is 5.75 Å². The Kier molecular flexibility index (Phi) is 5.52. The first-order chi connectivity index (χ1) is 13.2. The number of ether oxygens (including phenoxy) is 1. The first-order valence-electron chi connectivity index (χ1n) is 8.72. The van der Waals surface area contributed by atoms with E-state index in [0.29, 0.717) is 11.1 Å². The van der Waals surface area contributed by atoms with Crippen LogP contribution in [0.25, 0.3) is 17.2 Å². The predicted molar refractivity (Wildman–Crippen MR) is 109 cm³/mol. The van der Waals surface area contributed by atoms with E-state index in [1.807, 2.05) is 25.1 Å². The van der Waals surface area contributed by atoms with Crippen molar-refractivity contribution in [1.82, 2.24) is 0 Å². The standard InChI is InChI=1S/C22H21FO4S/c1-12-16(9-14-5-7-15(8-6-14)28(4)26)17-11-20(27-3)19(23)10-18(17)21(12)13(2)22(24)25/h5-11,13H,1-4H3,(H,24,25)/b16-9+. The molecule has 1 N–H and O–H groups in total. The van der Waals surface area contributed by atoms with Gasteiger partial charge in [-0.15, -0.1) is 0 Å². The maximum atomic E-state index is 14.3. The van der Waals surface area contributed by atoms with E-state index in [1.54, 1.807) is 31.4 Å². The molecule has 0 spiro atoms. The van der Waals surface area contributed by atoms with E-state index in [2.05, 4.69) is 0 Å². The Balaban J connectivity index is 2.20. The van der Waals surface area contributed by atoms with Crippen LogP contribution in [0.2, 0.25) is 0 Å². The fourth-order valence-electron chi connectivity index (χ4n) is 3.49. The Morgan fingerprint density at radius 2 is 1.86 bits per heavy atom. The molecule has 2 aromatic carbocycles. The second-order valence-corrected chi connectivity index (χ2v) is 8.09. The molecule has 0 bridgehead atoms. The smallest absolute Gasteiger partial charge is 0.310 e. The van der Waals surface area contributed by atoms with Gasteiger partial charge in [0.25, 0.3) is 0 Å². The maximum Gasteiger partial charge on any atom is 0.310 e. The summed E-state index contributed by atoms with van der Waals surface area (Å²) >= 11 is 0. The molecule has 0 saturated heterocycles. The number of fused-ring (bicyclic) bond motifs is 1. The van der Waals surface area contributed by atoms with Gasteiger partial charge >= 0.3 is 5.97 Å². The Hall–Kier alpha value is -2.73. The van der Waals surface area contributed by atoms with Gasteiger partial charge < -0.3 is 9.84 Å². The van der Waals surface area contributed by atoms with E-state index in [4.69, 9.17) is 4.74 Å². The molecule has 0 heterocycles. The molecule has 0 radical (unpaired) electrons. The molecule has 0 saturated carbocycles. The fraction of sp³-hybridized carbons (Fsp3) is 0.227. The molecule has 0 aromatic heterocycles. The van der Waals surface area contributed by atoms with Crippen LogP contribution in [0.4, 0.5) is 4.39 Å². The monoisotopic (exact) mass is 400 g/mol. The van der Waals surface area contributed by atoms with Crippen molar-refractivity contribution in [3.05, 3.63) is 64.5 Å². The zero-order valence-electron chi connectivity index (χ0n) is 16.1. The number of hydrogen-bond donors (Lipinski definition) is 1. The number of benzene rings is 2. The molecule has 4 nitrogen and oxygen atoms in total. The van der Waals surface area contributed by atoms with E-state index in [9.17, 15) is 18.5 Å². The first-order valence-corrected chi connectivity index (χ1v) is 10.3. The molecule has 2 unspecified atom stereocenters. The molecular weight excluding hydrogens is 379 g/mol. The molecule has 0 amide bonds. The highest BCUT2D eigenvalue weighted by Gasteiger charge is 2.31. The van der Waals surface area contributed by atoms with Gasteiger partial charge in [-0.2, -0.15) is 0 Å². The molecule has 0 fully saturated rings. The number of carboxylic acid groups (broad SMARTS) is 1. The summed E-state index contributed by atoms with van der Waals surface area (Å²) in [6, 6.07) is 10.3. The zero-order chi connectivity index (χ0) is 20.6. The van der Waals surface area contributed by atoms with Crippen molar-refractivity contribution in [3.63, 3.8) is 0 Å². The maximum absolute atomic E-state index is 14.3. The van der Waals surface area contributed by atoms with Crippen LogP contribution >= 0.6 is 0 Å². The number of rotatable bonds is 5. The van der Waals surface area contributed by atoms with Crippen LogP contribution in [0.3, 0.4) is 0 Å². The van der Waals surface area contributed by atoms with Gasteiger partial charge in [-0.05, 0) is 77.6 Å². The number of carbonyl (C=O) groups is 1. The van der Waals surface area contributed by atoms with Crippen molar-refractivity contribution in [1.29, 1.82) is 0 Å². The SMILES string of the molecule is COc1cc2c(cc1F)C(C(C)C(=O)O)=C(C)/C2=C\c1ccc(S(C)=O)cc1. The van der Waals surface area contributed by atoms with Crippen LogP contribution in [0, 0.1) is 11.7 Å². The lowest BCUT2D eigenvalue weighted by molar-refractivity contribution is -0.139. The van der Waals surface area contributed by atoms with Crippen molar-refractivity contribution in [2.24, 2.45) is 5.92 Å². The van der Waals surface area contributed by atoms with Crippen molar-refractivity contribution < 1.29 is 23.2 Å². The number of hydrogen-bond acceptors (Lipinski definition) is 3. The van der Waals surface area contributed by atoms with Crippen molar-refractivity contribution in [2.45, 2.75) is 18.7 Å². The molecule has 146 valence electrons.